The first-order valence-corrected chi connectivity index (χ1v) is 7.63. The maximum Gasteiger partial charge on any atom is 0.193 e. The molecule has 1 N–H and O–H groups in total. The fraction of sp³-hybridized carbons (Fsp3) is 0.0769. The van der Waals surface area contributed by atoms with Crippen molar-refractivity contribution in [3.05, 3.63) is 47.2 Å². The summed E-state index contributed by atoms with van der Waals surface area (Å²) >= 11 is 3.31. The van der Waals surface area contributed by atoms with Gasteiger partial charge < -0.3 is 5.32 Å². The highest BCUT2D eigenvalue weighted by molar-refractivity contribution is 7.16. The van der Waals surface area contributed by atoms with Crippen LogP contribution < -0.4 is 5.32 Å². The zero-order chi connectivity index (χ0) is 12.7. The van der Waals surface area contributed by atoms with Gasteiger partial charge in [0.15, 0.2) is 4.96 Å². The molecule has 0 radical (unpaired) electrons. The normalized spacial score (nSPS) is 11.4. The van der Waals surface area contributed by atoms with E-state index in [1.54, 1.807) is 22.7 Å². The molecule has 4 aromatic rings. The van der Waals surface area contributed by atoms with Crippen LogP contribution in [0.4, 0.5) is 5.69 Å². The van der Waals surface area contributed by atoms with Crippen LogP contribution in [-0.4, -0.2) is 14.4 Å². The predicted molar refractivity (Wildman–Crippen MR) is 80.0 cm³/mol. The first-order chi connectivity index (χ1) is 9.38. The number of aromatic nitrogens is 3. The summed E-state index contributed by atoms with van der Waals surface area (Å²) in [6, 6.07) is 6.23. The molecule has 94 valence electrons. The van der Waals surface area contributed by atoms with Crippen molar-refractivity contribution in [1.82, 2.24) is 14.4 Å². The Morgan fingerprint density at radius 2 is 2.26 bits per heavy atom. The molecule has 0 saturated carbocycles. The van der Waals surface area contributed by atoms with Crippen molar-refractivity contribution in [3.8, 4) is 0 Å². The van der Waals surface area contributed by atoms with Crippen molar-refractivity contribution < 1.29 is 0 Å². The van der Waals surface area contributed by atoms with E-state index in [0.717, 1.165) is 28.4 Å². The monoisotopic (exact) mass is 286 g/mol. The molecule has 0 spiro atoms. The first-order valence-electron chi connectivity index (χ1n) is 5.87. The number of imidazole rings is 1. The summed E-state index contributed by atoms with van der Waals surface area (Å²) in [5.74, 6) is 0. The Balaban J connectivity index is 1.55. The van der Waals surface area contributed by atoms with E-state index in [-0.39, 0.29) is 0 Å². The van der Waals surface area contributed by atoms with Gasteiger partial charge in [0, 0.05) is 23.5 Å². The maximum atomic E-state index is 4.55. The van der Waals surface area contributed by atoms with Gasteiger partial charge in [-0.05, 0) is 18.2 Å². The molecule has 19 heavy (non-hydrogen) atoms. The number of rotatable bonds is 3. The standard InChI is InChI=1S/C13H10N4S2/c1-2-11-12(19-8-15-11)5-9(1)14-6-10-7-17-3-4-18-13(17)16-10/h1-5,7-8,14H,6H2. The lowest BCUT2D eigenvalue weighted by Gasteiger charge is -2.03. The maximum absolute atomic E-state index is 4.55. The van der Waals surface area contributed by atoms with E-state index < -0.39 is 0 Å². The Morgan fingerprint density at radius 1 is 1.26 bits per heavy atom. The molecule has 0 atom stereocenters. The molecule has 0 aliphatic carbocycles. The lowest BCUT2D eigenvalue weighted by atomic mass is 10.3. The van der Waals surface area contributed by atoms with E-state index >= 15 is 0 Å². The second-order valence-electron chi connectivity index (χ2n) is 4.21. The van der Waals surface area contributed by atoms with E-state index in [2.05, 4.69) is 33.6 Å². The van der Waals surface area contributed by atoms with E-state index in [4.69, 9.17) is 0 Å². The van der Waals surface area contributed by atoms with E-state index in [0.29, 0.717) is 0 Å². The van der Waals surface area contributed by atoms with Crippen molar-refractivity contribution in [2.45, 2.75) is 6.54 Å². The summed E-state index contributed by atoms with van der Waals surface area (Å²) in [5, 5.41) is 5.44. The Morgan fingerprint density at radius 3 is 3.21 bits per heavy atom. The summed E-state index contributed by atoms with van der Waals surface area (Å²) in [5.41, 5.74) is 5.08. The van der Waals surface area contributed by atoms with Crippen LogP contribution in [0.2, 0.25) is 0 Å². The SMILES string of the molecule is c1nc2ccc(NCc3cn4ccsc4n3)cc2s1. The number of hydrogen-bond acceptors (Lipinski definition) is 5. The Hall–Kier alpha value is -1.92. The van der Waals surface area contributed by atoms with Gasteiger partial charge in [-0.25, -0.2) is 9.97 Å². The smallest absolute Gasteiger partial charge is 0.193 e. The average Bonchev–Trinajstić information content (AvgIpc) is 3.10. The van der Waals surface area contributed by atoms with Gasteiger partial charge in [-0.3, -0.25) is 4.40 Å². The van der Waals surface area contributed by atoms with Crippen molar-refractivity contribution in [2.75, 3.05) is 5.32 Å². The molecule has 0 aliphatic heterocycles. The molecule has 0 unspecified atom stereocenters. The summed E-state index contributed by atoms with van der Waals surface area (Å²) in [6.45, 7) is 0.735. The number of fused-ring (bicyclic) bond motifs is 2. The van der Waals surface area contributed by atoms with Crippen LogP contribution in [0.15, 0.2) is 41.5 Å². The highest BCUT2D eigenvalue weighted by atomic mass is 32.1. The number of nitrogens with zero attached hydrogens (tertiary/aromatic N) is 3. The van der Waals surface area contributed by atoms with Gasteiger partial charge in [-0.2, -0.15) is 0 Å². The summed E-state index contributed by atoms with van der Waals surface area (Å²) in [6.07, 6.45) is 4.09. The number of benzene rings is 1. The highest BCUT2D eigenvalue weighted by Crippen LogP contribution is 2.22. The van der Waals surface area contributed by atoms with Crippen molar-refractivity contribution in [3.63, 3.8) is 0 Å². The summed E-state index contributed by atoms with van der Waals surface area (Å²) in [7, 11) is 0. The molecule has 0 aliphatic rings. The lowest BCUT2D eigenvalue weighted by Crippen LogP contribution is -1.99. The van der Waals surface area contributed by atoms with Gasteiger partial charge in [0.25, 0.3) is 0 Å². The lowest BCUT2D eigenvalue weighted by molar-refractivity contribution is 1.08. The van der Waals surface area contributed by atoms with Gasteiger partial charge in [0.1, 0.15) is 0 Å². The van der Waals surface area contributed by atoms with Gasteiger partial charge in [0.2, 0.25) is 0 Å². The molecule has 4 rings (SSSR count). The highest BCUT2D eigenvalue weighted by Gasteiger charge is 2.03. The molecule has 0 saturated heterocycles. The average molecular weight is 286 g/mol. The molecule has 4 nitrogen and oxygen atoms in total. The topological polar surface area (TPSA) is 42.2 Å². The minimum atomic E-state index is 0.735. The van der Waals surface area contributed by atoms with E-state index in [1.165, 1.54) is 4.70 Å². The van der Waals surface area contributed by atoms with Gasteiger partial charge in [-0.15, -0.1) is 22.7 Å². The molecule has 0 bridgehead atoms. The minimum absolute atomic E-state index is 0.735. The molecule has 1 aromatic carbocycles. The largest absolute Gasteiger partial charge is 0.379 e. The van der Waals surface area contributed by atoms with E-state index in [1.807, 2.05) is 27.6 Å². The molecule has 6 heteroatoms. The Labute approximate surface area is 117 Å². The summed E-state index contributed by atoms with van der Waals surface area (Å²) < 4.78 is 3.25. The molecule has 0 amide bonds. The van der Waals surface area contributed by atoms with Crippen LogP contribution in [-0.2, 0) is 6.54 Å². The Bertz CT molecular complexity index is 814. The molecular formula is C13H10N4S2. The third-order valence-corrected chi connectivity index (χ3v) is 4.51. The van der Waals surface area contributed by atoms with Crippen LogP contribution >= 0.6 is 22.7 Å². The van der Waals surface area contributed by atoms with Gasteiger partial charge in [0.05, 0.1) is 28.0 Å². The van der Waals surface area contributed by atoms with Crippen molar-refractivity contribution >= 4 is 43.5 Å². The molecule has 0 fully saturated rings. The second-order valence-corrected chi connectivity index (χ2v) is 5.97. The Kier molecular flexibility index (Phi) is 2.49. The number of hydrogen-bond donors (Lipinski definition) is 1. The molecule has 3 aromatic heterocycles. The van der Waals surface area contributed by atoms with Crippen LogP contribution in [0, 0.1) is 0 Å². The third-order valence-electron chi connectivity index (χ3n) is 2.95. The summed E-state index contributed by atoms with van der Waals surface area (Å²) in [4.78, 5) is 9.86. The zero-order valence-corrected chi connectivity index (χ0v) is 11.5. The predicted octanol–water partition coefficient (Wildman–Crippen LogP) is 3.62. The fourth-order valence-corrected chi connectivity index (χ4v) is 3.45. The van der Waals surface area contributed by atoms with Crippen molar-refractivity contribution in [2.24, 2.45) is 0 Å². The molecular weight excluding hydrogens is 276 g/mol. The van der Waals surface area contributed by atoms with Crippen molar-refractivity contribution in [1.29, 1.82) is 0 Å². The van der Waals surface area contributed by atoms with Crippen LogP contribution in [0.5, 0.6) is 0 Å². The number of anilines is 1. The minimum Gasteiger partial charge on any atom is -0.379 e. The van der Waals surface area contributed by atoms with E-state index in [9.17, 15) is 0 Å². The van der Waals surface area contributed by atoms with Gasteiger partial charge >= 0.3 is 0 Å². The van der Waals surface area contributed by atoms with Gasteiger partial charge in [-0.1, -0.05) is 0 Å². The molecule has 3 heterocycles. The fourth-order valence-electron chi connectivity index (χ4n) is 2.02. The second kappa shape index (κ2) is 4.32. The number of thiazole rings is 2. The zero-order valence-electron chi connectivity index (χ0n) is 9.91. The van der Waals surface area contributed by atoms with Crippen LogP contribution in [0.3, 0.4) is 0 Å². The van der Waals surface area contributed by atoms with Crippen LogP contribution in [0.25, 0.3) is 15.2 Å². The number of nitrogens with one attached hydrogen (secondary N) is 1. The quantitative estimate of drug-likeness (QED) is 0.625. The van der Waals surface area contributed by atoms with Crippen LogP contribution in [0.1, 0.15) is 5.69 Å². The third kappa shape index (κ3) is 1.98. The first kappa shape index (κ1) is 11.0.